The Bertz CT molecular complexity index is 368. The monoisotopic (exact) mass is 207 g/mol. The molecule has 1 aromatic rings. The lowest BCUT2D eigenvalue weighted by molar-refractivity contribution is 0.348. The summed E-state index contributed by atoms with van der Waals surface area (Å²) in [5.74, 6) is 2.06. The molecule has 0 bridgehead atoms. The van der Waals surface area contributed by atoms with E-state index >= 15 is 0 Å². The van der Waals surface area contributed by atoms with Gasteiger partial charge in [-0.15, -0.1) is 6.42 Å². The highest BCUT2D eigenvalue weighted by atomic mass is 19.1. The molecule has 0 aliphatic heterocycles. The molecule has 1 unspecified atom stereocenters. The molecule has 0 aliphatic rings. The van der Waals surface area contributed by atoms with Crippen LogP contribution in [0.4, 0.5) is 4.39 Å². The van der Waals surface area contributed by atoms with Crippen LogP contribution in [-0.2, 0) is 6.42 Å². The molecule has 0 heterocycles. The minimum atomic E-state index is -0.400. The molecule has 15 heavy (non-hydrogen) atoms. The number of hydrogen-bond acceptors (Lipinski definition) is 2. The van der Waals surface area contributed by atoms with Gasteiger partial charge in [0.05, 0.1) is 0 Å². The first-order chi connectivity index (χ1) is 7.13. The number of benzene rings is 1. The highest BCUT2D eigenvalue weighted by Crippen LogP contribution is 2.18. The van der Waals surface area contributed by atoms with Crippen molar-refractivity contribution in [3.05, 3.63) is 29.6 Å². The van der Waals surface area contributed by atoms with E-state index in [1.165, 1.54) is 6.07 Å². The number of terminal acetylenes is 1. The van der Waals surface area contributed by atoms with Gasteiger partial charge in [-0.3, -0.25) is 0 Å². The van der Waals surface area contributed by atoms with Crippen molar-refractivity contribution in [2.24, 2.45) is 5.73 Å². The molecule has 3 heteroatoms. The summed E-state index contributed by atoms with van der Waals surface area (Å²) in [6.07, 6.45) is 5.65. The van der Waals surface area contributed by atoms with Gasteiger partial charge in [-0.05, 0) is 31.0 Å². The Morgan fingerprint density at radius 2 is 2.33 bits per heavy atom. The predicted octanol–water partition coefficient (Wildman–Crippen LogP) is 1.73. The molecule has 1 rings (SSSR count). The minimum Gasteiger partial charge on any atom is -0.478 e. The molecule has 0 saturated carbocycles. The first-order valence-corrected chi connectivity index (χ1v) is 4.73. The third-order valence-electron chi connectivity index (χ3n) is 1.86. The molecule has 1 aromatic carbocycles. The van der Waals surface area contributed by atoms with Gasteiger partial charge >= 0.3 is 0 Å². The normalized spacial score (nSPS) is 11.9. The number of nitrogens with two attached hydrogens (primary N) is 1. The summed E-state index contributed by atoms with van der Waals surface area (Å²) in [6.45, 7) is 1.95. The lowest BCUT2D eigenvalue weighted by Crippen LogP contribution is -2.17. The van der Waals surface area contributed by atoms with Crippen molar-refractivity contribution < 1.29 is 9.13 Å². The second-order valence-corrected chi connectivity index (χ2v) is 3.44. The van der Waals surface area contributed by atoms with Gasteiger partial charge in [-0.2, -0.15) is 0 Å². The second kappa shape index (κ2) is 5.38. The molecule has 80 valence electrons. The van der Waals surface area contributed by atoms with Crippen LogP contribution in [0.3, 0.4) is 0 Å². The molecule has 0 aromatic heterocycles. The lowest BCUT2D eigenvalue weighted by atomic mass is 10.1. The van der Waals surface area contributed by atoms with Gasteiger partial charge < -0.3 is 10.5 Å². The van der Waals surface area contributed by atoms with Crippen LogP contribution in [0.2, 0.25) is 0 Å². The van der Waals surface area contributed by atoms with E-state index in [2.05, 4.69) is 5.92 Å². The number of rotatable bonds is 4. The number of hydrogen-bond donors (Lipinski definition) is 1. The molecule has 0 spiro atoms. The minimum absolute atomic E-state index is 0.0156. The van der Waals surface area contributed by atoms with Gasteiger partial charge in [0, 0.05) is 6.04 Å². The fraction of sp³-hybridized carbons (Fsp3) is 0.333. The summed E-state index contributed by atoms with van der Waals surface area (Å²) in [4.78, 5) is 0. The van der Waals surface area contributed by atoms with E-state index in [1.807, 2.05) is 6.92 Å². The maximum absolute atomic E-state index is 13.4. The standard InChI is InChI=1S/C12H14FNO/c1-3-6-15-12-5-4-10(7-9(2)14)8-11(12)13/h1,4-5,8-9H,6-7,14H2,2H3. The van der Waals surface area contributed by atoms with Crippen molar-refractivity contribution in [3.63, 3.8) is 0 Å². The Hall–Kier alpha value is -1.53. The van der Waals surface area contributed by atoms with Crippen LogP contribution in [-0.4, -0.2) is 12.6 Å². The molecule has 0 fully saturated rings. The van der Waals surface area contributed by atoms with Gasteiger partial charge in [0.2, 0.25) is 0 Å². The van der Waals surface area contributed by atoms with Crippen LogP contribution in [0.1, 0.15) is 12.5 Å². The van der Waals surface area contributed by atoms with Gasteiger partial charge in [0.15, 0.2) is 11.6 Å². The van der Waals surface area contributed by atoms with Crippen molar-refractivity contribution in [2.45, 2.75) is 19.4 Å². The second-order valence-electron chi connectivity index (χ2n) is 3.44. The zero-order chi connectivity index (χ0) is 11.3. The SMILES string of the molecule is C#CCOc1ccc(CC(C)N)cc1F. The topological polar surface area (TPSA) is 35.2 Å². The molecule has 2 nitrogen and oxygen atoms in total. The molecular weight excluding hydrogens is 193 g/mol. The summed E-state index contributed by atoms with van der Waals surface area (Å²) >= 11 is 0. The Balaban J connectivity index is 2.75. The Morgan fingerprint density at radius 1 is 1.60 bits per heavy atom. The molecule has 0 radical (unpaired) electrons. The molecule has 0 amide bonds. The average Bonchev–Trinajstić information content (AvgIpc) is 2.15. The third-order valence-corrected chi connectivity index (χ3v) is 1.86. The summed E-state index contributed by atoms with van der Waals surface area (Å²) in [5.41, 5.74) is 6.47. The van der Waals surface area contributed by atoms with Crippen molar-refractivity contribution in [1.82, 2.24) is 0 Å². The fourth-order valence-corrected chi connectivity index (χ4v) is 1.28. The van der Waals surface area contributed by atoms with Crippen LogP contribution >= 0.6 is 0 Å². The average molecular weight is 207 g/mol. The zero-order valence-electron chi connectivity index (χ0n) is 8.66. The number of ether oxygens (including phenoxy) is 1. The Morgan fingerprint density at radius 3 is 2.87 bits per heavy atom. The van der Waals surface area contributed by atoms with Crippen molar-refractivity contribution >= 4 is 0 Å². The van der Waals surface area contributed by atoms with E-state index in [0.717, 1.165) is 5.56 Å². The quantitative estimate of drug-likeness (QED) is 0.763. The Kier molecular flexibility index (Phi) is 4.14. The van der Waals surface area contributed by atoms with E-state index in [0.29, 0.717) is 6.42 Å². The maximum atomic E-state index is 13.4. The van der Waals surface area contributed by atoms with E-state index in [9.17, 15) is 4.39 Å². The van der Waals surface area contributed by atoms with Crippen LogP contribution < -0.4 is 10.5 Å². The highest BCUT2D eigenvalue weighted by molar-refractivity contribution is 5.30. The third kappa shape index (κ3) is 3.61. The van der Waals surface area contributed by atoms with Crippen molar-refractivity contribution in [1.29, 1.82) is 0 Å². The van der Waals surface area contributed by atoms with Gasteiger partial charge in [0.1, 0.15) is 6.61 Å². The van der Waals surface area contributed by atoms with Gasteiger partial charge in [-0.1, -0.05) is 12.0 Å². The molecule has 2 N–H and O–H groups in total. The van der Waals surface area contributed by atoms with Crippen molar-refractivity contribution in [3.8, 4) is 18.1 Å². The van der Waals surface area contributed by atoms with Crippen LogP contribution in [0.5, 0.6) is 5.75 Å². The summed E-state index contributed by atoms with van der Waals surface area (Å²) in [7, 11) is 0. The largest absolute Gasteiger partial charge is 0.478 e. The zero-order valence-corrected chi connectivity index (χ0v) is 8.66. The smallest absolute Gasteiger partial charge is 0.165 e. The molecule has 0 aliphatic carbocycles. The van der Waals surface area contributed by atoms with Crippen molar-refractivity contribution in [2.75, 3.05) is 6.61 Å². The van der Waals surface area contributed by atoms with Gasteiger partial charge in [0.25, 0.3) is 0 Å². The first-order valence-electron chi connectivity index (χ1n) is 4.73. The summed E-state index contributed by atoms with van der Waals surface area (Å²) < 4.78 is 18.4. The van der Waals surface area contributed by atoms with E-state index in [1.54, 1.807) is 12.1 Å². The summed E-state index contributed by atoms with van der Waals surface area (Å²) in [6, 6.07) is 4.81. The maximum Gasteiger partial charge on any atom is 0.165 e. The van der Waals surface area contributed by atoms with E-state index < -0.39 is 5.82 Å². The van der Waals surface area contributed by atoms with Crippen LogP contribution in [0.15, 0.2) is 18.2 Å². The highest BCUT2D eigenvalue weighted by Gasteiger charge is 2.05. The van der Waals surface area contributed by atoms with E-state index in [-0.39, 0.29) is 18.4 Å². The van der Waals surface area contributed by atoms with Crippen LogP contribution in [0.25, 0.3) is 0 Å². The lowest BCUT2D eigenvalue weighted by Gasteiger charge is -2.08. The molecular formula is C12H14FNO. The van der Waals surface area contributed by atoms with Crippen LogP contribution in [0, 0.1) is 18.2 Å². The van der Waals surface area contributed by atoms with E-state index in [4.69, 9.17) is 16.9 Å². The molecule has 1 atom stereocenters. The number of halogens is 1. The Labute approximate surface area is 89.2 Å². The first kappa shape index (κ1) is 11.5. The summed E-state index contributed by atoms with van der Waals surface area (Å²) in [5, 5.41) is 0. The predicted molar refractivity (Wildman–Crippen MR) is 58.1 cm³/mol. The molecule has 0 saturated heterocycles. The fourth-order valence-electron chi connectivity index (χ4n) is 1.28. The van der Waals surface area contributed by atoms with Gasteiger partial charge in [-0.25, -0.2) is 4.39 Å².